The van der Waals surface area contributed by atoms with E-state index in [-0.39, 0.29) is 94.1 Å². The molecular weight excluding hydrogens is 555 g/mol. The van der Waals surface area contributed by atoms with E-state index in [0.29, 0.717) is 0 Å². The van der Waals surface area contributed by atoms with Crippen molar-refractivity contribution < 1.29 is 73.7 Å². The maximum Gasteiger partial charge on any atom is 3.00 e. The van der Waals surface area contributed by atoms with Gasteiger partial charge in [0.05, 0.1) is 7.05 Å². The zero-order valence-electron chi connectivity index (χ0n) is 3.67. The second kappa shape index (κ2) is 69.2. The van der Waals surface area contributed by atoms with Gasteiger partial charge in [-0.15, -0.1) is 0 Å². The van der Waals surface area contributed by atoms with Crippen molar-refractivity contribution in [2.75, 3.05) is 7.05 Å². The minimum atomic E-state index is 0. The van der Waals surface area contributed by atoms with Crippen LogP contribution >= 0.6 is 0 Å². The van der Waals surface area contributed by atoms with Crippen LogP contribution in [0.5, 0.6) is 0 Å². The van der Waals surface area contributed by atoms with Crippen LogP contribution in [0.4, 0.5) is 0 Å². The molecule has 0 rings (SSSR count). The minimum Gasteiger partial charge on any atom is -1.00 e. The third-order valence-electron chi connectivity index (χ3n) is 0. The molecule has 0 bridgehead atoms. The van der Waals surface area contributed by atoms with Crippen molar-refractivity contribution in [2.45, 2.75) is 0 Å². The minimum absolute atomic E-state index is 0. The molecule has 48 valence electrons. The molecule has 0 aliphatic rings. The molecule has 0 aliphatic heterocycles. The molecular formula is CH6BiBr4N. The maximum atomic E-state index is 3.25. The monoisotopic (exact) mass is 557 g/mol. The van der Waals surface area contributed by atoms with Crippen LogP contribution in [0.25, 0.3) is 0 Å². The van der Waals surface area contributed by atoms with E-state index in [9.17, 15) is 0 Å². The smallest absolute Gasteiger partial charge is 1.00 e. The van der Waals surface area contributed by atoms with Crippen molar-refractivity contribution >= 4 is 26.2 Å². The quantitative estimate of drug-likeness (QED) is 0.285. The molecule has 0 heterocycles. The predicted molar refractivity (Wildman–Crippen MR) is 14.6 cm³/mol. The normalized spacial score (nSPS) is 0.857. The van der Waals surface area contributed by atoms with E-state index in [1.165, 1.54) is 0 Å². The van der Waals surface area contributed by atoms with Gasteiger partial charge in [-0.25, -0.2) is 0 Å². The van der Waals surface area contributed by atoms with E-state index in [1.54, 1.807) is 7.05 Å². The van der Waals surface area contributed by atoms with Crippen LogP contribution in [-0.2, 0) is 0 Å². The summed E-state index contributed by atoms with van der Waals surface area (Å²) < 4.78 is 0. The standard InChI is InChI=1S/CH5N.Bi.4BrH/c1-2;;;;;/h2H2,1H3;;4*1H/q;+3;;;;/p-3. The van der Waals surface area contributed by atoms with Crippen molar-refractivity contribution in [2.24, 2.45) is 0 Å². The predicted octanol–water partition coefficient (Wildman–Crippen LogP) is -13.5. The fourth-order valence-corrected chi connectivity index (χ4v) is 0. The van der Waals surface area contributed by atoms with E-state index >= 15 is 0 Å². The molecule has 0 unspecified atom stereocenters. The summed E-state index contributed by atoms with van der Waals surface area (Å²) in [5, 5.41) is 0. The molecule has 0 fully saturated rings. The first-order chi connectivity index (χ1) is 1.00. The summed E-state index contributed by atoms with van der Waals surface area (Å²) in [6.45, 7) is 0. The molecule has 0 aliphatic carbocycles. The molecule has 0 aromatic carbocycles. The molecule has 0 saturated carbocycles. The second-order valence-corrected chi connectivity index (χ2v) is 0. The Morgan fingerprint density at radius 3 is 0.714 bits per heavy atom. The van der Waals surface area contributed by atoms with Gasteiger partial charge in [0.1, 0.15) is 0 Å². The molecule has 0 saturated heterocycles. The van der Waals surface area contributed by atoms with Crippen LogP contribution < -0.4 is 73.7 Å². The zero-order chi connectivity index (χ0) is 2.00. The molecule has 6 heteroatoms. The number of rotatable bonds is 0. The molecule has 0 atom stereocenters. The van der Waals surface area contributed by atoms with Gasteiger partial charge in [-0.05, 0) is 0 Å². The van der Waals surface area contributed by atoms with Crippen molar-refractivity contribution in [3.05, 3.63) is 0 Å². The molecule has 0 aromatic rings. The Bertz CT molecular complexity index is 11.7. The molecule has 7 heavy (non-hydrogen) atoms. The number of hydrogen-bond donors (Lipinski definition) is 1. The molecule has 0 spiro atoms. The van der Waals surface area contributed by atoms with Crippen LogP contribution in [0.1, 0.15) is 0 Å². The SMILES string of the molecule is C[NH3+].[Bi+3].[Br-].[Br-].[Br-].[Br-]. The summed E-state index contributed by atoms with van der Waals surface area (Å²) in [5.41, 5.74) is 3.25. The Kier molecular flexibility index (Phi) is 523. The first kappa shape index (κ1) is 52.9. The van der Waals surface area contributed by atoms with Gasteiger partial charge in [0.2, 0.25) is 0 Å². The second-order valence-electron chi connectivity index (χ2n) is 0. The first-order valence-electron chi connectivity index (χ1n) is 0.707. The van der Waals surface area contributed by atoms with Crippen LogP contribution in [0.2, 0.25) is 0 Å². The summed E-state index contributed by atoms with van der Waals surface area (Å²) in [6, 6.07) is 0. The van der Waals surface area contributed by atoms with Crippen molar-refractivity contribution in [1.29, 1.82) is 0 Å². The topological polar surface area (TPSA) is 27.6 Å². The van der Waals surface area contributed by atoms with Crippen LogP contribution in [0, 0.1) is 0 Å². The van der Waals surface area contributed by atoms with Gasteiger partial charge in [-0.3, -0.25) is 0 Å². The Hall–Kier alpha value is 2.76. The Morgan fingerprint density at radius 1 is 0.714 bits per heavy atom. The van der Waals surface area contributed by atoms with Crippen LogP contribution in [-0.4, -0.2) is 33.3 Å². The largest absolute Gasteiger partial charge is 3.00 e. The number of hydrogen-bond acceptors (Lipinski definition) is 0. The Labute approximate surface area is 105 Å². The summed E-state index contributed by atoms with van der Waals surface area (Å²) in [7, 11) is 1.75. The molecule has 3 N–H and O–H groups in total. The Balaban J connectivity index is -0.000000000500. The molecule has 0 aromatic heterocycles. The first-order valence-corrected chi connectivity index (χ1v) is 0.707. The summed E-state index contributed by atoms with van der Waals surface area (Å²) >= 11 is 0. The van der Waals surface area contributed by atoms with Crippen molar-refractivity contribution in [3.8, 4) is 0 Å². The number of quaternary nitrogens is 1. The number of halogens is 4. The zero-order valence-corrected chi connectivity index (χ0v) is 13.5. The van der Waals surface area contributed by atoms with E-state index in [0.717, 1.165) is 0 Å². The Morgan fingerprint density at radius 2 is 0.714 bits per heavy atom. The van der Waals surface area contributed by atoms with Gasteiger partial charge >= 0.3 is 26.2 Å². The fourth-order valence-electron chi connectivity index (χ4n) is 0. The van der Waals surface area contributed by atoms with Gasteiger partial charge < -0.3 is 73.7 Å². The van der Waals surface area contributed by atoms with E-state index in [1.807, 2.05) is 0 Å². The average Bonchev–Trinajstić information content (AvgIpc) is 1.00. The molecule has 2 radical (unpaired) electrons. The third kappa shape index (κ3) is 52.5. The van der Waals surface area contributed by atoms with Crippen molar-refractivity contribution in [1.82, 2.24) is 0 Å². The van der Waals surface area contributed by atoms with Gasteiger partial charge in [0, 0.05) is 0 Å². The van der Waals surface area contributed by atoms with Crippen LogP contribution in [0.3, 0.4) is 0 Å². The summed E-state index contributed by atoms with van der Waals surface area (Å²) in [6.07, 6.45) is 0. The van der Waals surface area contributed by atoms with Gasteiger partial charge in [0.15, 0.2) is 0 Å². The fraction of sp³-hybridized carbons (Fsp3) is 1.00. The van der Waals surface area contributed by atoms with Gasteiger partial charge in [-0.2, -0.15) is 0 Å². The van der Waals surface area contributed by atoms with Gasteiger partial charge in [0.25, 0.3) is 0 Å². The van der Waals surface area contributed by atoms with E-state index in [2.05, 4.69) is 5.73 Å². The van der Waals surface area contributed by atoms with E-state index in [4.69, 9.17) is 0 Å². The summed E-state index contributed by atoms with van der Waals surface area (Å²) in [4.78, 5) is 0. The van der Waals surface area contributed by atoms with Gasteiger partial charge in [-0.1, -0.05) is 0 Å². The maximum absolute atomic E-state index is 3.25. The third-order valence-corrected chi connectivity index (χ3v) is 0. The van der Waals surface area contributed by atoms with Crippen molar-refractivity contribution in [3.63, 3.8) is 0 Å². The van der Waals surface area contributed by atoms with E-state index < -0.39 is 0 Å². The summed E-state index contributed by atoms with van der Waals surface area (Å²) in [5.74, 6) is 0. The van der Waals surface area contributed by atoms with Crippen LogP contribution in [0.15, 0.2) is 0 Å². The molecule has 1 nitrogen and oxygen atoms in total. The molecule has 0 amide bonds. The average molecular weight is 561 g/mol.